The third-order valence-electron chi connectivity index (χ3n) is 2.27. The monoisotopic (exact) mass is 270 g/mol. The molecule has 0 aliphatic heterocycles. The summed E-state index contributed by atoms with van der Waals surface area (Å²) in [5.74, 6) is -0.396. The molecule has 0 unspecified atom stereocenters. The number of anilines is 2. The summed E-state index contributed by atoms with van der Waals surface area (Å²) in [4.78, 5) is 21.7. The van der Waals surface area contributed by atoms with Crippen molar-refractivity contribution in [3.8, 4) is 0 Å². The van der Waals surface area contributed by atoms with Gasteiger partial charge in [0.05, 0.1) is 6.42 Å². The first kappa shape index (κ1) is 15.4. The number of nitrogens with two attached hydrogens (primary N) is 1. The van der Waals surface area contributed by atoms with E-state index in [1.54, 1.807) is 12.1 Å². The van der Waals surface area contributed by atoms with Crippen LogP contribution < -0.4 is 11.1 Å². The molecule has 1 amide bonds. The van der Waals surface area contributed by atoms with E-state index >= 15 is 0 Å². The summed E-state index contributed by atoms with van der Waals surface area (Å²) in [6.07, 6.45) is -0.0606. The lowest BCUT2D eigenvalue weighted by Crippen LogP contribution is -2.14. The van der Waals surface area contributed by atoms with Gasteiger partial charge in [0.15, 0.2) is 0 Å². The smallest absolute Gasteiger partial charge is 0.231 e. The molecule has 2 aromatic carbocycles. The molecule has 0 fully saturated rings. The van der Waals surface area contributed by atoms with Gasteiger partial charge in [0.2, 0.25) is 5.91 Å². The maximum atomic E-state index is 11.1. The van der Waals surface area contributed by atoms with Gasteiger partial charge in [-0.3, -0.25) is 9.59 Å². The molecule has 0 radical (unpaired) electrons. The minimum atomic E-state index is -0.265. The molecular formula is C16H18N2O2. The number of carbonyl (C=O) groups excluding carboxylic acids is 2. The fraction of sp³-hybridized carbons (Fsp3) is 0.125. The Labute approximate surface area is 118 Å². The number of benzene rings is 2. The normalized spacial score (nSPS) is 9.05. The Hall–Kier alpha value is -2.62. The van der Waals surface area contributed by atoms with Gasteiger partial charge < -0.3 is 11.1 Å². The van der Waals surface area contributed by atoms with Crippen LogP contribution in [0.3, 0.4) is 0 Å². The van der Waals surface area contributed by atoms with E-state index in [0.29, 0.717) is 5.69 Å². The maximum Gasteiger partial charge on any atom is 0.231 e. The molecule has 0 atom stereocenters. The van der Waals surface area contributed by atoms with E-state index in [1.807, 2.05) is 48.5 Å². The molecule has 0 spiro atoms. The van der Waals surface area contributed by atoms with Crippen LogP contribution in [0.5, 0.6) is 0 Å². The second-order valence-corrected chi connectivity index (χ2v) is 4.20. The lowest BCUT2D eigenvalue weighted by atomic mass is 10.2. The molecular weight excluding hydrogens is 252 g/mol. The number of ketones is 1. The highest BCUT2D eigenvalue weighted by Gasteiger charge is 2.04. The van der Waals surface area contributed by atoms with Crippen molar-refractivity contribution in [3.63, 3.8) is 0 Å². The highest BCUT2D eigenvalue weighted by molar-refractivity contribution is 6.03. The van der Waals surface area contributed by atoms with Gasteiger partial charge in [-0.15, -0.1) is 0 Å². The first-order valence-corrected chi connectivity index (χ1v) is 6.23. The van der Waals surface area contributed by atoms with Gasteiger partial charge in [0.1, 0.15) is 5.78 Å². The third kappa shape index (κ3) is 6.96. The van der Waals surface area contributed by atoms with Crippen molar-refractivity contribution < 1.29 is 9.59 Å². The van der Waals surface area contributed by atoms with Gasteiger partial charge in [-0.2, -0.15) is 0 Å². The Morgan fingerprint density at radius 1 is 0.950 bits per heavy atom. The van der Waals surface area contributed by atoms with Gasteiger partial charge in [0.25, 0.3) is 0 Å². The van der Waals surface area contributed by atoms with E-state index in [1.165, 1.54) is 6.92 Å². The van der Waals surface area contributed by atoms with Crippen molar-refractivity contribution in [3.05, 3.63) is 60.7 Å². The number of para-hydroxylation sites is 2. The number of Topliss-reactive ketones (excluding diaryl/α,β-unsaturated/α-hetero) is 1. The average molecular weight is 270 g/mol. The average Bonchev–Trinajstić information content (AvgIpc) is 2.40. The lowest BCUT2D eigenvalue weighted by molar-refractivity contribution is -0.124. The van der Waals surface area contributed by atoms with Gasteiger partial charge in [-0.1, -0.05) is 36.4 Å². The zero-order valence-corrected chi connectivity index (χ0v) is 11.4. The third-order valence-corrected chi connectivity index (χ3v) is 2.27. The number of hydrogen-bond donors (Lipinski definition) is 2. The summed E-state index contributed by atoms with van der Waals surface area (Å²) in [5.41, 5.74) is 6.90. The molecule has 20 heavy (non-hydrogen) atoms. The number of nitrogens with one attached hydrogen (secondary N) is 1. The summed E-state index contributed by atoms with van der Waals surface area (Å²) < 4.78 is 0. The Kier molecular flexibility index (Phi) is 6.54. The summed E-state index contributed by atoms with van der Waals surface area (Å²) >= 11 is 0. The first-order chi connectivity index (χ1) is 9.58. The van der Waals surface area contributed by atoms with E-state index in [-0.39, 0.29) is 18.1 Å². The van der Waals surface area contributed by atoms with Crippen molar-refractivity contribution in [2.75, 3.05) is 11.1 Å². The molecule has 0 aliphatic carbocycles. The van der Waals surface area contributed by atoms with E-state index < -0.39 is 0 Å². The van der Waals surface area contributed by atoms with Crippen molar-refractivity contribution in [2.24, 2.45) is 0 Å². The molecule has 0 saturated carbocycles. The Morgan fingerprint density at radius 3 is 1.85 bits per heavy atom. The van der Waals surface area contributed by atoms with E-state index in [4.69, 9.17) is 5.73 Å². The van der Waals surface area contributed by atoms with Crippen LogP contribution in [0.1, 0.15) is 13.3 Å². The molecule has 4 nitrogen and oxygen atoms in total. The largest absolute Gasteiger partial charge is 0.399 e. The van der Waals surface area contributed by atoms with Crippen molar-refractivity contribution in [1.82, 2.24) is 0 Å². The van der Waals surface area contributed by atoms with Crippen LogP contribution >= 0.6 is 0 Å². The van der Waals surface area contributed by atoms with Crippen LogP contribution in [-0.4, -0.2) is 11.7 Å². The van der Waals surface area contributed by atoms with Crippen LogP contribution in [0.4, 0.5) is 11.4 Å². The molecule has 0 bridgehead atoms. The molecule has 2 aromatic rings. The SMILES string of the molecule is CC(=O)CC(=O)Nc1ccccc1.Nc1ccccc1. The van der Waals surface area contributed by atoms with Crippen molar-refractivity contribution >= 4 is 23.1 Å². The molecule has 0 saturated heterocycles. The van der Waals surface area contributed by atoms with E-state index in [0.717, 1.165) is 5.69 Å². The van der Waals surface area contributed by atoms with Crippen LogP contribution in [0, 0.1) is 0 Å². The van der Waals surface area contributed by atoms with Crippen LogP contribution in [0.2, 0.25) is 0 Å². The standard InChI is InChI=1S/C10H11NO2.C6H7N/c1-8(12)7-10(13)11-9-5-3-2-4-6-9;7-6-4-2-1-3-5-6/h2-6H,7H2,1H3,(H,11,13);1-5H,7H2. The second-order valence-electron chi connectivity index (χ2n) is 4.20. The zero-order chi connectivity index (χ0) is 14.8. The second kappa shape index (κ2) is 8.48. The summed E-state index contributed by atoms with van der Waals surface area (Å²) in [7, 11) is 0. The van der Waals surface area contributed by atoms with Crippen LogP contribution in [0.25, 0.3) is 0 Å². The highest BCUT2D eigenvalue weighted by Crippen LogP contribution is 2.05. The fourth-order valence-corrected chi connectivity index (χ4v) is 1.41. The summed E-state index contributed by atoms with van der Waals surface area (Å²) in [6, 6.07) is 18.5. The van der Waals surface area contributed by atoms with E-state index in [2.05, 4.69) is 5.32 Å². The number of hydrogen-bond acceptors (Lipinski definition) is 3. The molecule has 0 heterocycles. The number of carbonyl (C=O) groups is 2. The van der Waals surface area contributed by atoms with Gasteiger partial charge in [-0.05, 0) is 31.2 Å². The molecule has 4 heteroatoms. The Morgan fingerprint density at radius 2 is 1.45 bits per heavy atom. The predicted molar refractivity (Wildman–Crippen MR) is 81.2 cm³/mol. The first-order valence-electron chi connectivity index (χ1n) is 6.23. The van der Waals surface area contributed by atoms with Gasteiger partial charge in [-0.25, -0.2) is 0 Å². The molecule has 2 rings (SSSR count). The maximum absolute atomic E-state index is 11.1. The van der Waals surface area contributed by atoms with Crippen molar-refractivity contribution in [2.45, 2.75) is 13.3 Å². The topological polar surface area (TPSA) is 72.2 Å². The molecule has 0 aliphatic rings. The summed E-state index contributed by atoms with van der Waals surface area (Å²) in [5, 5.41) is 2.61. The molecule has 3 N–H and O–H groups in total. The minimum Gasteiger partial charge on any atom is -0.399 e. The minimum absolute atomic E-state index is 0.0606. The molecule has 104 valence electrons. The quantitative estimate of drug-likeness (QED) is 0.665. The van der Waals surface area contributed by atoms with Crippen LogP contribution in [0.15, 0.2) is 60.7 Å². The number of rotatable bonds is 3. The number of nitrogen functional groups attached to an aromatic ring is 1. The zero-order valence-electron chi connectivity index (χ0n) is 11.4. The lowest BCUT2D eigenvalue weighted by Gasteiger charge is -2.01. The van der Waals surface area contributed by atoms with Crippen molar-refractivity contribution in [1.29, 1.82) is 0 Å². The Bertz CT molecular complexity index is 539. The predicted octanol–water partition coefficient (Wildman–Crippen LogP) is 2.87. The van der Waals surface area contributed by atoms with E-state index in [9.17, 15) is 9.59 Å². The number of amides is 1. The Balaban J connectivity index is 0.000000240. The van der Waals surface area contributed by atoms with Crippen LogP contribution in [-0.2, 0) is 9.59 Å². The van der Waals surface area contributed by atoms with Gasteiger partial charge >= 0.3 is 0 Å². The van der Waals surface area contributed by atoms with Gasteiger partial charge in [0, 0.05) is 11.4 Å². The molecule has 0 aromatic heterocycles. The fourth-order valence-electron chi connectivity index (χ4n) is 1.41. The highest BCUT2D eigenvalue weighted by atomic mass is 16.2. The summed E-state index contributed by atoms with van der Waals surface area (Å²) in [6.45, 7) is 1.39.